The number of halogens is 2. The highest BCUT2D eigenvalue weighted by Crippen LogP contribution is 2.34. The van der Waals surface area contributed by atoms with Crippen molar-refractivity contribution in [3.63, 3.8) is 0 Å². The molecule has 0 amide bonds. The third kappa shape index (κ3) is 4.05. The standard InChI is InChI=1S/C22H18ClFN4O2S/c23-22-27-17-10-12(18-11-25-5-7-30-18)1-3-14(17)19(28-22)15-9-13(2-4-16(15)24)20(29)21-26-6-8-31-21/h1-4,6,8-10,18,20,25,29H,5,7,11H2. The summed E-state index contributed by atoms with van der Waals surface area (Å²) in [4.78, 5) is 12.8. The lowest BCUT2D eigenvalue weighted by atomic mass is 9.99. The minimum absolute atomic E-state index is 0.0209. The molecule has 1 aliphatic rings. The number of ether oxygens (including phenoxy) is 1. The summed E-state index contributed by atoms with van der Waals surface area (Å²) >= 11 is 7.54. The first-order chi connectivity index (χ1) is 15.1. The van der Waals surface area contributed by atoms with Crippen LogP contribution in [0, 0.1) is 5.82 Å². The van der Waals surface area contributed by atoms with E-state index in [-0.39, 0.29) is 17.0 Å². The molecule has 31 heavy (non-hydrogen) atoms. The van der Waals surface area contributed by atoms with Gasteiger partial charge in [0.2, 0.25) is 5.28 Å². The Kier molecular flexibility index (Phi) is 5.64. The van der Waals surface area contributed by atoms with E-state index in [2.05, 4.69) is 20.3 Å². The Bertz CT molecular complexity index is 1230. The van der Waals surface area contributed by atoms with Crippen molar-refractivity contribution in [3.05, 3.63) is 75.2 Å². The van der Waals surface area contributed by atoms with Crippen LogP contribution in [0.2, 0.25) is 5.28 Å². The molecule has 1 aliphatic heterocycles. The molecular formula is C22H18ClFN4O2S. The van der Waals surface area contributed by atoms with Gasteiger partial charge in [0.25, 0.3) is 0 Å². The second kappa shape index (κ2) is 8.57. The topological polar surface area (TPSA) is 80.2 Å². The third-order valence-electron chi connectivity index (χ3n) is 5.24. The SMILES string of the molecule is OC(c1ccc(F)c(-c2nc(Cl)nc3cc(C4CNCCO4)ccc23)c1)c1nccs1. The zero-order valence-corrected chi connectivity index (χ0v) is 17.8. The molecule has 0 bridgehead atoms. The summed E-state index contributed by atoms with van der Waals surface area (Å²) in [5.41, 5.74) is 2.70. The molecule has 4 aromatic rings. The predicted octanol–water partition coefficient (Wildman–Crippen LogP) is 4.29. The summed E-state index contributed by atoms with van der Waals surface area (Å²) in [6.45, 7) is 2.17. The average Bonchev–Trinajstić information content (AvgIpc) is 3.33. The predicted molar refractivity (Wildman–Crippen MR) is 118 cm³/mol. The van der Waals surface area contributed by atoms with E-state index in [9.17, 15) is 9.50 Å². The van der Waals surface area contributed by atoms with E-state index in [0.29, 0.717) is 40.3 Å². The van der Waals surface area contributed by atoms with Crippen LogP contribution in [0.4, 0.5) is 4.39 Å². The fourth-order valence-electron chi connectivity index (χ4n) is 3.71. The second-order valence-electron chi connectivity index (χ2n) is 7.19. The summed E-state index contributed by atoms with van der Waals surface area (Å²) < 4.78 is 20.7. The van der Waals surface area contributed by atoms with Crippen LogP contribution in [-0.2, 0) is 4.74 Å². The minimum Gasteiger partial charge on any atom is -0.381 e. The van der Waals surface area contributed by atoms with Gasteiger partial charge in [-0.2, -0.15) is 0 Å². The van der Waals surface area contributed by atoms with Gasteiger partial charge in [-0.15, -0.1) is 11.3 Å². The van der Waals surface area contributed by atoms with Crippen LogP contribution in [0.1, 0.15) is 28.3 Å². The van der Waals surface area contributed by atoms with E-state index in [4.69, 9.17) is 16.3 Å². The molecule has 2 aromatic heterocycles. The molecule has 1 saturated heterocycles. The summed E-state index contributed by atoms with van der Waals surface area (Å²) in [6, 6.07) is 10.1. The van der Waals surface area contributed by atoms with Crippen molar-refractivity contribution < 1.29 is 14.2 Å². The van der Waals surface area contributed by atoms with Gasteiger partial charge in [-0.25, -0.2) is 19.3 Å². The largest absolute Gasteiger partial charge is 0.381 e. The van der Waals surface area contributed by atoms with Crippen LogP contribution in [0.3, 0.4) is 0 Å². The number of hydrogen-bond donors (Lipinski definition) is 2. The van der Waals surface area contributed by atoms with Crippen LogP contribution in [-0.4, -0.2) is 39.8 Å². The van der Waals surface area contributed by atoms with Crippen molar-refractivity contribution in [2.45, 2.75) is 12.2 Å². The number of morpholine rings is 1. The first-order valence-electron chi connectivity index (χ1n) is 9.77. The van der Waals surface area contributed by atoms with Crippen molar-refractivity contribution in [1.29, 1.82) is 0 Å². The summed E-state index contributed by atoms with van der Waals surface area (Å²) in [6.07, 6.45) is 0.587. The van der Waals surface area contributed by atoms with E-state index in [1.807, 2.05) is 18.2 Å². The van der Waals surface area contributed by atoms with Crippen molar-refractivity contribution >= 4 is 33.8 Å². The average molecular weight is 457 g/mol. The number of nitrogens with zero attached hydrogens (tertiary/aromatic N) is 3. The normalized spacial score (nSPS) is 17.7. The number of rotatable bonds is 4. The molecule has 2 N–H and O–H groups in total. The van der Waals surface area contributed by atoms with Gasteiger partial charge in [0, 0.05) is 35.6 Å². The lowest BCUT2D eigenvalue weighted by Crippen LogP contribution is -2.33. The summed E-state index contributed by atoms with van der Waals surface area (Å²) in [5, 5.41) is 16.9. The lowest BCUT2D eigenvalue weighted by Gasteiger charge is -2.24. The quantitative estimate of drug-likeness (QED) is 0.446. The Morgan fingerprint density at radius 3 is 2.90 bits per heavy atom. The maximum absolute atomic E-state index is 14.9. The first-order valence-corrected chi connectivity index (χ1v) is 11.0. The summed E-state index contributed by atoms with van der Waals surface area (Å²) in [5.74, 6) is -0.463. The van der Waals surface area contributed by atoms with Gasteiger partial charge < -0.3 is 15.2 Å². The van der Waals surface area contributed by atoms with Gasteiger partial charge >= 0.3 is 0 Å². The first kappa shape index (κ1) is 20.4. The molecular weight excluding hydrogens is 439 g/mol. The number of thiazole rings is 1. The fraction of sp³-hybridized carbons (Fsp3) is 0.227. The van der Waals surface area contributed by atoms with E-state index < -0.39 is 11.9 Å². The zero-order valence-electron chi connectivity index (χ0n) is 16.3. The maximum atomic E-state index is 14.9. The van der Waals surface area contributed by atoms with Gasteiger partial charge in [0.1, 0.15) is 16.9 Å². The van der Waals surface area contributed by atoms with Crippen molar-refractivity contribution in [1.82, 2.24) is 20.3 Å². The number of aliphatic hydroxyl groups is 1. The molecule has 158 valence electrons. The number of aliphatic hydroxyl groups excluding tert-OH is 1. The maximum Gasteiger partial charge on any atom is 0.223 e. The molecule has 1 fully saturated rings. The molecule has 9 heteroatoms. The lowest BCUT2D eigenvalue weighted by molar-refractivity contribution is 0.0278. The van der Waals surface area contributed by atoms with E-state index in [1.54, 1.807) is 23.7 Å². The van der Waals surface area contributed by atoms with Crippen LogP contribution in [0.25, 0.3) is 22.2 Å². The minimum atomic E-state index is -0.953. The Balaban J connectivity index is 1.60. The Morgan fingerprint density at radius 1 is 1.23 bits per heavy atom. The number of aromatic nitrogens is 3. The zero-order chi connectivity index (χ0) is 21.4. The van der Waals surface area contributed by atoms with Crippen molar-refractivity contribution in [2.75, 3.05) is 19.7 Å². The van der Waals surface area contributed by atoms with Gasteiger partial charge in [-0.05, 0) is 40.9 Å². The van der Waals surface area contributed by atoms with Gasteiger partial charge in [0.05, 0.1) is 23.9 Å². The molecule has 5 rings (SSSR count). The van der Waals surface area contributed by atoms with E-state index >= 15 is 0 Å². The van der Waals surface area contributed by atoms with Gasteiger partial charge in [-0.1, -0.05) is 18.2 Å². The Labute approximate surface area is 186 Å². The van der Waals surface area contributed by atoms with Crippen LogP contribution >= 0.6 is 22.9 Å². The van der Waals surface area contributed by atoms with Gasteiger partial charge in [0.15, 0.2) is 0 Å². The van der Waals surface area contributed by atoms with Crippen molar-refractivity contribution in [2.24, 2.45) is 0 Å². The van der Waals surface area contributed by atoms with Crippen molar-refractivity contribution in [3.8, 4) is 11.3 Å². The Morgan fingerprint density at radius 2 is 2.13 bits per heavy atom. The molecule has 2 atom stereocenters. The second-order valence-corrected chi connectivity index (χ2v) is 8.46. The highest BCUT2D eigenvalue weighted by Gasteiger charge is 2.20. The van der Waals surface area contributed by atoms with E-state index in [0.717, 1.165) is 12.1 Å². The molecule has 0 spiro atoms. The monoisotopic (exact) mass is 456 g/mol. The third-order valence-corrected chi connectivity index (χ3v) is 6.24. The van der Waals surface area contributed by atoms with Crippen LogP contribution < -0.4 is 5.32 Å². The molecule has 2 unspecified atom stereocenters. The number of hydrogen-bond acceptors (Lipinski definition) is 7. The van der Waals surface area contributed by atoms with E-state index in [1.165, 1.54) is 17.4 Å². The number of benzene rings is 2. The molecule has 3 heterocycles. The highest BCUT2D eigenvalue weighted by molar-refractivity contribution is 7.09. The number of fused-ring (bicyclic) bond motifs is 1. The summed E-state index contributed by atoms with van der Waals surface area (Å²) in [7, 11) is 0. The fourth-order valence-corrected chi connectivity index (χ4v) is 4.53. The molecule has 0 aliphatic carbocycles. The van der Waals surface area contributed by atoms with Gasteiger partial charge in [-0.3, -0.25) is 0 Å². The van der Waals surface area contributed by atoms with Crippen LogP contribution in [0.15, 0.2) is 48.0 Å². The Hall–Kier alpha value is -2.49. The number of nitrogens with one attached hydrogen (secondary N) is 1. The highest BCUT2D eigenvalue weighted by atomic mass is 35.5. The van der Waals surface area contributed by atoms with Crippen LogP contribution in [0.5, 0.6) is 0 Å². The molecule has 6 nitrogen and oxygen atoms in total. The smallest absolute Gasteiger partial charge is 0.223 e. The molecule has 2 aromatic carbocycles. The molecule has 0 radical (unpaired) electrons. The molecule has 0 saturated carbocycles.